The lowest BCUT2D eigenvalue weighted by atomic mass is 9.89. The van der Waals surface area contributed by atoms with Crippen molar-refractivity contribution < 1.29 is 41.5 Å². The molecule has 13 nitrogen and oxygen atoms in total. The number of hydrogen-bond donors (Lipinski definition) is 3. The number of alkyl halides is 3. The van der Waals surface area contributed by atoms with Gasteiger partial charge in [0.1, 0.15) is 29.2 Å². The predicted octanol–water partition coefficient (Wildman–Crippen LogP) is 6.32. The number of carbonyl (C=O) groups excluding carboxylic acids is 4. The van der Waals surface area contributed by atoms with Gasteiger partial charge in [0.05, 0.1) is 36.3 Å². The van der Waals surface area contributed by atoms with Crippen molar-refractivity contribution in [2.45, 2.75) is 90.0 Å². The number of anilines is 4. The topological polar surface area (TPSA) is 160 Å². The molecule has 3 aromatic rings. The van der Waals surface area contributed by atoms with E-state index in [1.54, 1.807) is 30.9 Å². The third-order valence-corrected chi connectivity index (χ3v) is 11.3. The number of amides is 4. The quantitative estimate of drug-likeness (QED) is 0.107. The van der Waals surface area contributed by atoms with Crippen LogP contribution in [-0.2, 0) is 31.8 Å². The lowest BCUT2D eigenvalue weighted by Gasteiger charge is -2.37. The number of benzene rings is 2. The number of ether oxygens (including phenoxy) is 1. The Hall–Kier alpha value is -5.67. The minimum atomic E-state index is -4.87. The van der Waals surface area contributed by atoms with Crippen LogP contribution in [0.1, 0.15) is 76.6 Å². The summed E-state index contributed by atoms with van der Waals surface area (Å²) < 4.78 is 62.1. The molecule has 3 aliphatic heterocycles. The fourth-order valence-corrected chi connectivity index (χ4v) is 8.25. The lowest BCUT2D eigenvalue weighted by Crippen LogP contribution is -2.47. The summed E-state index contributed by atoms with van der Waals surface area (Å²) >= 11 is 5.68. The van der Waals surface area contributed by atoms with E-state index in [9.17, 15) is 42.0 Å². The molecule has 1 unspecified atom stereocenters. The third-order valence-electron chi connectivity index (χ3n) is 11.0. The van der Waals surface area contributed by atoms with Crippen molar-refractivity contribution in [3.8, 4) is 11.8 Å². The summed E-state index contributed by atoms with van der Waals surface area (Å²) in [4.78, 5) is 58.6. The van der Waals surface area contributed by atoms with Crippen molar-refractivity contribution in [1.29, 1.82) is 5.26 Å². The molecule has 3 aliphatic rings. The lowest BCUT2D eigenvalue weighted by molar-refractivity contribution is -0.138. The highest BCUT2D eigenvalue weighted by Crippen LogP contribution is 2.40. The number of thiocarbonyl (C=S) groups is 1. The fourth-order valence-electron chi connectivity index (χ4n) is 7.73. The summed E-state index contributed by atoms with van der Waals surface area (Å²) in [6.45, 7) is 8.41. The smallest absolute Gasteiger partial charge is 0.419 e. The van der Waals surface area contributed by atoms with Crippen LogP contribution in [0.2, 0.25) is 0 Å². The largest absolute Gasteiger partial charge is 0.493 e. The van der Waals surface area contributed by atoms with Crippen LogP contribution in [0.4, 0.5) is 40.3 Å². The second kappa shape index (κ2) is 17.3. The molecule has 3 atom stereocenters. The molecule has 2 aromatic carbocycles. The maximum Gasteiger partial charge on any atom is 0.419 e. The number of halogens is 4. The highest BCUT2D eigenvalue weighted by molar-refractivity contribution is 7.81. The third kappa shape index (κ3) is 9.31. The molecule has 312 valence electrons. The standard InChI is InChI=1S/C41H44F4N8O5S/c1-5-25-17-27(53-39(59)52(38(57)40(53,3)4)28-19-29(41(43,44)45)33(20-46)47-21-28)7-10-34(25)58-15-13-24-12-14-51(23(2)16-24)22-36(55)49-32-18-26(6-8-30(32)42)48-31-9-11-35(54)50-37(31)56/h6-8,10,17-19,21,23-24,31,48H,5,9,11-16,22H2,1-4H3,(H,49,55)(H,50,54,56)/t23-,24-,31?/m1/s1. The van der Waals surface area contributed by atoms with Crippen molar-refractivity contribution in [2.75, 3.05) is 40.1 Å². The Morgan fingerprint density at radius 2 is 1.88 bits per heavy atom. The number of aromatic nitrogens is 1. The van der Waals surface area contributed by atoms with Gasteiger partial charge in [-0.3, -0.25) is 34.3 Å². The predicted molar refractivity (Wildman–Crippen MR) is 215 cm³/mol. The number of hydrogen-bond acceptors (Lipinski definition) is 10. The Labute approximate surface area is 344 Å². The van der Waals surface area contributed by atoms with Gasteiger partial charge in [-0.15, -0.1) is 0 Å². The molecular weight excluding hydrogens is 793 g/mol. The van der Waals surface area contributed by atoms with Crippen LogP contribution in [0.5, 0.6) is 5.75 Å². The van der Waals surface area contributed by atoms with Crippen LogP contribution in [0.3, 0.4) is 0 Å². The molecule has 0 spiro atoms. The molecule has 4 heterocycles. The van der Waals surface area contributed by atoms with E-state index in [-0.39, 0.29) is 47.3 Å². The summed E-state index contributed by atoms with van der Waals surface area (Å²) in [7, 11) is 0. The van der Waals surface area contributed by atoms with Crippen molar-refractivity contribution in [3.63, 3.8) is 0 Å². The van der Waals surface area contributed by atoms with Crippen LogP contribution < -0.4 is 30.5 Å². The van der Waals surface area contributed by atoms with E-state index >= 15 is 0 Å². The molecule has 0 bridgehead atoms. The Morgan fingerprint density at radius 1 is 1.12 bits per heavy atom. The average molecular weight is 837 g/mol. The summed E-state index contributed by atoms with van der Waals surface area (Å²) in [5, 5.41) is 17.1. The highest BCUT2D eigenvalue weighted by Gasteiger charge is 2.51. The number of likely N-dealkylation sites (tertiary alicyclic amines) is 1. The van der Waals surface area contributed by atoms with Gasteiger partial charge in [0.2, 0.25) is 17.7 Å². The maximum absolute atomic E-state index is 14.7. The van der Waals surface area contributed by atoms with Gasteiger partial charge < -0.3 is 20.3 Å². The van der Waals surface area contributed by atoms with Crippen LogP contribution in [0.25, 0.3) is 0 Å². The Bertz CT molecular complexity index is 2210. The first-order valence-corrected chi connectivity index (χ1v) is 19.7. The van der Waals surface area contributed by atoms with Gasteiger partial charge in [-0.25, -0.2) is 9.37 Å². The Kier molecular flexibility index (Phi) is 12.6. The normalized spacial score (nSPS) is 21.0. The Morgan fingerprint density at radius 3 is 2.56 bits per heavy atom. The van der Waals surface area contributed by atoms with E-state index in [2.05, 4.69) is 20.9 Å². The van der Waals surface area contributed by atoms with Crippen molar-refractivity contribution in [1.82, 2.24) is 15.2 Å². The molecule has 18 heteroatoms. The summed E-state index contributed by atoms with van der Waals surface area (Å²) in [6, 6.07) is 11.1. The number of nitrogens with one attached hydrogen (secondary N) is 3. The molecule has 6 rings (SSSR count). The van der Waals surface area contributed by atoms with Gasteiger partial charge in [0.15, 0.2) is 10.8 Å². The van der Waals surface area contributed by atoms with Crippen molar-refractivity contribution >= 4 is 63.7 Å². The van der Waals surface area contributed by atoms with E-state index < -0.39 is 46.6 Å². The summed E-state index contributed by atoms with van der Waals surface area (Å²) in [6.07, 6.45) is -0.351. The molecule has 0 saturated carbocycles. The first kappa shape index (κ1) is 42.9. The number of pyridine rings is 1. The van der Waals surface area contributed by atoms with E-state index in [0.29, 0.717) is 55.1 Å². The number of imide groups is 1. The van der Waals surface area contributed by atoms with Crippen molar-refractivity contribution in [2.24, 2.45) is 5.92 Å². The molecule has 3 fully saturated rings. The van der Waals surface area contributed by atoms with Gasteiger partial charge in [0, 0.05) is 23.8 Å². The van der Waals surface area contributed by atoms with Crippen molar-refractivity contribution in [3.05, 3.63) is 71.3 Å². The van der Waals surface area contributed by atoms with E-state index in [1.807, 2.05) is 24.8 Å². The van der Waals surface area contributed by atoms with Gasteiger partial charge in [0.25, 0.3) is 5.91 Å². The van der Waals surface area contributed by atoms with Gasteiger partial charge >= 0.3 is 6.18 Å². The molecule has 3 N–H and O–H groups in total. The van der Waals surface area contributed by atoms with E-state index in [0.717, 1.165) is 35.9 Å². The van der Waals surface area contributed by atoms with Crippen LogP contribution in [-0.4, -0.2) is 75.9 Å². The number of aryl methyl sites for hydroxylation is 1. The molecular formula is C41H44F4N8O5S. The number of nitrogens with zero attached hydrogens (tertiary/aromatic N) is 5. The SMILES string of the molecule is CCc1cc(N2C(=S)N(c3cnc(C#N)c(C(F)(F)F)c3)C(=O)C2(C)C)ccc1OCC[C@H]1CCN(CC(=O)Nc2cc(NC3CCC(=O)NC3=O)ccc2F)[C@H](C)C1. The van der Waals surface area contributed by atoms with E-state index in [1.165, 1.54) is 24.3 Å². The molecule has 59 heavy (non-hydrogen) atoms. The zero-order valence-corrected chi connectivity index (χ0v) is 33.7. The van der Waals surface area contributed by atoms with Crippen LogP contribution in [0, 0.1) is 23.1 Å². The van der Waals surface area contributed by atoms with Crippen LogP contribution >= 0.6 is 12.2 Å². The molecule has 1 aromatic heterocycles. The highest BCUT2D eigenvalue weighted by atomic mass is 32.1. The summed E-state index contributed by atoms with van der Waals surface area (Å²) in [5.41, 5.74) is -1.71. The second-order valence-electron chi connectivity index (χ2n) is 15.4. The van der Waals surface area contributed by atoms with Gasteiger partial charge in [-0.2, -0.15) is 18.4 Å². The second-order valence-corrected chi connectivity index (χ2v) is 15.8. The zero-order valence-electron chi connectivity index (χ0n) is 32.9. The number of carbonyl (C=O) groups is 4. The van der Waals surface area contributed by atoms with E-state index in [4.69, 9.17) is 17.0 Å². The monoisotopic (exact) mass is 836 g/mol. The minimum Gasteiger partial charge on any atom is -0.493 e. The fraction of sp³-hybridized carbons (Fsp3) is 0.439. The van der Waals surface area contributed by atoms with Gasteiger partial charge in [-0.05, 0) is 126 Å². The molecule has 0 radical (unpaired) electrons. The molecule has 0 aliphatic carbocycles. The molecule has 4 amide bonds. The molecule has 3 saturated heterocycles. The van der Waals surface area contributed by atoms with Gasteiger partial charge in [-0.1, -0.05) is 6.92 Å². The average Bonchev–Trinajstić information content (AvgIpc) is 3.36. The Balaban J connectivity index is 1.02. The first-order chi connectivity index (χ1) is 27.9. The number of piperidine rings is 2. The first-order valence-electron chi connectivity index (χ1n) is 19.3. The van der Waals surface area contributed by atoms with Crippen LogP contribution in [0.15, 0.2) is 48.7 Å². The minimum absolute atomic E-state index is 0.0163. The number of nitriles is 1. The maximum atomic E-state index is 14.7. The summed E-state index contributed by atoms with van der Waals surface area (Å²) in [5.74, 6) is -1.36. The number of rotatable bonds is 12. The zero-order chi connectivity index (χ0) is 42.8.